The summed E-state index contributed by atoms with van der Waals surface area (Å²) in [6.45, 7) is 16.6. The summed E-state index contributed by atoms with van der Waals surface area (Å²) in [4.78, 5) is 0. The van der Waals surface area contributed by atoms with Gasteiger partial charge in [-0.25, -0.2) is 0 Å². The second-order valence-electron chi connectivity index (χ2n) is 6.61. The van der Waals surface area contributed by atoms with Crippen molar-refractivity contribution in [3.63, 3.8) is 0 Å². The first-order valence-corrected chi connectivity index (χ1v) is 6.11. The van der Waals surface area contributed by atoms with E-state index in [0.717, 1.165) is 13.0 Å². The normalized spacial score (nSPS) is 12.0. The standard InChI is InChI=1S/C7H16O.C7H16/c1-7(2,3)5-6-8-4;1-5-6-7(2,3)4/h5-6H2,1-4H3;5-6H2,1-4H3. The summed E-state index contributed by atoms with van der Waals surface area (Å²) >= 11 is 0. The van der Waals surface area contributed by atoms with Gasteiger partial charge in [0.1, 0.15) is 0 Å². The molecule has 15 heavy (non-hydrogen) atoms. The van der Waals surface area contributed by atoms with Crippen molar-refractivity contribution < 1.29 is 4.74 Å². The van der Waals surface area contributed by atoms with Gasteiger partial charge in [0.2, 0.25) is 0 Å². The summed E-state index contributed by atoms with van der Waals surface area (Å²) in [5.74, 6) is 0. The molecule has 0 aromatic carbocycles. The van der Waals surface area contributed by atoms with Crippen molar-refractivity contribution in [1.82, 2.24) is 0 Å². The van der Waals surface area contributed by atoms with Gasteiger partial charge in [-0.05, 0) is 23.7 Å². The Hall–Kier alpha value is -0.0400. The van der Waals surface area contributed by atoms with Crippen molar-refractivity contribution in [2.75, 3.05) is 13.7 Å². The second-order valence-corrected chi connectivity index (χ2v) is 6.61. The van der Waals surface area contributed by atoms with Crippen LogP contribution in [0.3, 0.4) is 0 Å². The van der Waals surface area contributed by atoms with Crippen LogP contribution in [0.4, 0.5) is 0 Å². The zero-order valence-corrected chi connectivity index (χ0v) is 12.2. The van der Waals surface area contributed by atoms with Crippen LogP contribution in [0.15, 0.2) is 0 Å². The third-order valence-electron chi connectivity index (χ3n) is 2.06. The predicted molar refractivity (Wildman–Crippen MR) is 70.3 cm³/mol. The number of methoxy groups -OCH3 is 1. The lowest BCUT2D eigenvalue weighted by atomic mass is 9.91. The molecule has 0 saturated carbocycles. The molecule has 0 aromatic heterocycles. The molecule has 0 unspecified atom stereocenters. The fourth-order valence-electron chi connectivity index (χ4n) is 1.16. The van der Waals surface area contributed by atoms with Crippen molar-refractivity contribution in [3.8, 4) is 0 Å². The van der Waals surface area contributed by atoms with Gasteiger partial charge in [0.25, 0.3) is 0 Å². The molecule has 0 bridgehead atoms. The van der Waals surface area contributed by atoms with Gasteiger partial charge in [-0.1, -0.05) is 54.9 Å². The minimum Gasteiger partial charge on any atom is -0.385 e. The van der Waals surface area contributed by atoms with Crippen molar-refractivity contribution in [1.29, 1.82) is 0 Å². The number of hydrogen-bond donors (Lipinski definition) is 0. The molecule has 1 nitrogen and oxygen atoms in total. The van der Waals surface area contributed by atoms with Crippen molar-refractivity contribution in [2.24, 2.45) is 10.8 Å². The lowest BCUT2D eigenvalue weighted by Crippen LogP contribution is -2.07. The van der Waals surface area contributed by atoms with E-state index in [-0.39, 0.29) is 0 Å². The van der Waals surface area contributed by atoms with Crippen LogP contribution in [0.25, 0.3) is 0 Å². The number of hydrogen-bond acceptors (Lipinski definition) is 1. The van der Waals surface area contributed by atoms with Gasteiger partial charge < -0.3 is 4.74 Å². The van der Waals surface area contributed by atoms with Gasteiger partial charge in [-0.3, -0.25) is 0 Å². The van der Waals surface area contributed by atoms with E-state index < -0.39 is 0 Å². The molecule has 0 aliphatic carbocycles. The largest absolute Gasteiger partial charge is 0.385 e. The van der Waals surface area contributed by atoms with E-state index in [1.54, 1.807) is 7.11 Å². The Morgan fingerprint density at radius 1 is 0.800 bits per heavy atom. The average molecular weight is 216 g/mol. The first kappa shape index (κ1) is 17.4. The summed E-state index contributed by atoms with van der Waals surface area (Å²) in [5.41, 5.74) is 0.977. The fraction of sp³-hybridized carbons (Fsp3) is 1.00. The third-order valence-corrected chi connectivity index (χ3v) is 2.06. The first-order chi connectivity index (χ1) is 6.62. The van der Waals surface area contributed by atoms with Crippen LogP contribution in [0, 0.1) is 10.8 Å². The van der Waals surface area contributed by atoms with Crippen molar-refractivity contribution in [2.45, 2.75) is 67.7 Å². The van der Waals surface area contributed by atoms with Crippen LogP contribution in [0.5, 0.6) is 0 Å². The Balaban J connectivity index is 0. The summed E-state index contributed by atoms with van der Waals surface area (Å²) in [5, 5.41) is 0. The smallest absolute Gasteiger partial charge is 0.0467 e. The SMILES string of the molecule is CCCC(C)(C)C.COCCC(C)(C)C. The molecule has 0 saturated heterocycles. The van der Waals surface area contributed by atoms with Crippen molar-refractivity contribution in [3.05, 3.63) is 0 Å². The summed E-state index contributed by atoms with van der Waals surface area (Å²) in [7, 11) is 1.74. The van der Waals surface area contributed by atoms with Crippen LogP contribution in [-0.4, -0.2) is 13.7 Å². The van der Waals surface area contributed by atoms with Gasteiger partial charge >= 0.3 is 0 Å². The van der Waals surface area contributed by atoms with E-state index in [4.69, 9.17) is 4.74 Å². The molecule has 0 N–H and O–H groups in total. The molecule has 0 fully saturated rings. The Bertz CT molecular complexity index is 125. The Morgan fingerprint density at radius 2 is 1.20 bits per heavy atom. The van der Waals surface area contributed by atoms with E-state index in [2.05, 4.69) is 48.5 Å². The summed E-state index contributed by atoms with van der Waals surface area (Å²) < 4.78 is 4.92. The topological polar surface area (TPSA) is 9.23 Å². The molecule has 0 atom stereocenters. The molecule has 0 amide bonds. The van der Waals surface area contributed by atoms with E-state index >= 15 is 0 Å². The van der Waals surface area contributed by atoms with Gasteiger partial charge in [-0.2, -0.15) is 0 Å². The molecular formula is C14H32O. The maximum Gasteiger partial charge on any atom is 0.0467 e. The third kappa shape index (κ3) is 24.9. The maximum atomic E-state index is 4.92. The van der Waals surface area contributed by atoms with Crippen LogP contribution in [-0.2, 0) is 4.74 Å². The quantitative estimate of drug-likeness (QED) is 0.652. The Morgan fingerprint density at radius 3 is 1.27 bits per heavy atom. The minimum absolute atomic E-state index is 0.427. The first-order valence-electron chi connectivity index (χ1n) is 6.11. The van der Waals surface area contributed by atoms with Crippen LogP contribution >= 0.6 is 0 Å². The molecule has 0 radical (unpaired) electrons. The van der Waals surface area contributed by atoms with Crippen LogP contribution in [0.2, 0.25) is 0 Å². The molecule has 0 heterocycles. The molecule has 0 aliphatic rings. The minimum atomic E-state index is 0.427. The molecule has 0 spiro atoms. The highest BCUT2D eigenvalue weighted by molar-refractivity contribution is 4.59. The zero-order valence-electron chi connectivity index (χ0n) is 12.2. The van der Waals surface area contributed by atoms with E-state index in [1.807, 2.05) is 0 Å². The fourth-order valence-corrected chi connectivity index (χ4v) is 1.16. The van der Waals surface area contributed by atoms with Crippen LogP contribution < -0.4 is 0 Å². The van der Waals surface area contributed by atoms with Gasteiger partial charge in [0.15, 0.2) is 0 Å². The lowest BCUT2D eigenvalue weighted by Gasteiger charge is -2.16. The second kappa shape index (κ2) is 8.15. The summed E-state index contributed by atoms with van der Waals surface area (Å²) in [6.07, 6.45) is 3.79. The predicted octanol–water partition coefficient (Wildman–Crippen LogP) is 4.90. The van der Waals surface area contributed by atoms with E-state index in [1.165, 1.54) is 12.8 Å². The van der Waals surface area contributed by atoms with E-state index in [9.17, 15) is 0 Å². The highest BCUT2D eigenvalue weighted by Gasteiger charge is 2.07. The van der Waals surface area contributed by atoms with Gasteiger partial charge in [0, 0.05) is 13.7 Å². The number of ether oxygens (including phenoxy) is 1. The molecule has 94 valence electrons. The Kier molecular flexibility index (Phi) is 9.43. The highest BCUT2D eigenvalue weighted by Crippen LogP contribution is 2.19. The maximum absolute atomic E-state index is 4.92. The van der Waals surface area contributed by atoms with Gasteiger partial charge in [-0.15, -0.1) is 0 Å². The lowest BCUT2D eigenvalue weighted by molar-refractivity contribution is 0.159. The van der Waals surface area contributed by atoms with Crippen molar-refractivity contribution >= 4 is 0 Å². The highest BCUT2D eigenvalue weighted by atomic mass is 16.5. The van der Waals surface area contributed by atoms with Gasteiger partial charge in [0.05, 0.1) is 0 Å². The molecule has 0 aromatic rings. The molecule has 1 heteroatoms. The molecule has 0 aliphatic heterocycles. The molecule has 0 rings (SSSR count). The average Bonchev–Trinajstić information content (AvgIpc) is 1.98. The number of rotatable bonds is 3. The molecular weight excluding hydrogens is 184 g/mol. The zero-order chi connectivity index (χ0) is 12.5. The van der Waals surface area contributed by atoms with E-state index in [0.29, 0.717) is 10.8 Å². The summed E-state index contributed by atoms with van der Waals surface area (Å²) in [6, 6.07) is 0. The Labute approximate surface area is 97.6 Å². The van der Waals surface area contributed by atoms with Crippen LogP contribution in [0.1, 0.15) is 67.7 Å². The monoisotopic (exact) mass is 216 g/mol.